The second-order valence-electron chi connectivity index (χ2n) is 5.69. The van der Waals surface area contributed by atoms with E-state index in [2.05, 4.69) is 48.5 Å². The highest BCUT2D eigenvalue weighted by molar-refractivity contribution is 6.07. The molecule has 1 aromatic rings. The van der Waals surface area contributed by atoms with E-state index in [0.717, 1.165) is 6.42 Å². The lowest BCUT2D eigenvalue weighted by Gasteiger charge is -2.13. The lowest BCUT2D eigenvalue weighted by molar-refractivity contribution is 1.17. The van der Waals surface area contributed by atoms with Gasteiger partial charge in [0.05, 0.1) is 5.69 Å². The number of nitrogens with zero attached hydrogens (tertiary/aromatic N) is 1. The highest BCUT2D eigenvalue weighted by Crippen LogP contribution is 2.38. The fourth-order valence-corrected chi connectivity index (χ4v) is 2.58. The van der Waals surface area contributed by atoms with Crippen LogP contribution in [0.25, 0.3) is 0 Å². The quantitative estimate of drug-likeness (QED) is 0.662. The molecule has 96 valence electrons. The number of allylic oxidation sites excluding steroid dienone is 2. The molecule has 0 N–H and O–H groups in total. The van der Waals surface area contributed by atoms with Crippen LogP contribution in [0.2, 0.25) is 0 Å². The first-order valence-corrected chi connectivity index (χ1v) is 6.65. The zero-order valence-corrected chi connectivity index (χ0v) is 12.7. The molecule has 1 heteroatoms. The number of benzene rings is 1. The first-order valence-electron chi connectivity index (χ1n) is 6.65. The van der Waals surface area contributed by atoms with Crippen molar-refractivity contribution in [1.82, 2.24) is 0 Å². The van der Waals surface area contributed by atoms with Gasteiger partial charge < -0.3 is 0 Å². The third-order valence-electron chi connectivity index (χ3n) is 4.56. The van der Waals surface area contributed by atoms with Gasteiger partial charge in [0, 0.05) is 12.1 Å². The van der Waals surface area contributed by atoms with E-state index in [1.165, 1.54) is 50.4 Å². The molecule has 0 spiro atoms. The standard InChI is InChI=1S/C17H23N/c1-9(2)10(3)16-8-15-13(6)11(4)12(5)14(7)17(15)18-16/h8H2,1-7H3. The average molecular weight is 241 g/mol. The average Bonchev–Trinajstić information content (AvgIpc) is 2.77. The van der Waals surface area contributed by atoms with Crippen molar-refractivity contribution in [1.29, 1.82) is 0 Å². The van der Waals surface area contributed by atoms with Gasteiger partial charge in [-0.3, -0.25) is 4.99 Å². The summed E-state index contributed by atoms with van der Waals surface area (Å²) in [6, 6.07) is 0. The van der Waals surface area contributed by atoms with Crippen LogP contribution in [-0.4, -0.2) is 5.71 Å². The molecule has 0 aliphatic carbocycles. The van der Waals surface area contributed by atoms with Gasteiger partial charge in [0.15, 0.2) is 0 Å². The van der Waals surface area contributed by atoms with Crippen LogP contribution in [-0.2, 0) is 6.42 Å². The minimum Gasteiger partial charge on any atom is -0.252 e. The Balaban J connectivity index is 2.62. The summed E-state index contributed by atoms with van der Waals surface area (Å²) in [6.45, 7) is 15.4. The van der Waals surface area contributed by atoms with Gasteiger partial charge in [-0.2, -0.15) is 0 Å². The molecule has 1 aromatic carbocycles. The van der Waals surface area contributed by atoms with E-state index in [1.807, 2.05) is 0 Å². The van der Waals surface area contributed by atoms with E-state index >= 15 is 0 Å². The van der Waals surface area contributed by atoms with Gasteiger partial charge in [-0.05, 0) is 81.9 Å². The molecule has 0 atom stereocenters. The van der Waals surface area contributed by atoms with Crippen molar-refractivity contribution in [3.05, 3.63) is 39.0 Å². The molecule has 1 aliphatic rings. The van der Waals surface area contributed by atoms with Crippen LogP contribution in [0.4, 0.5) is 5.69 Å². The summed E-state index contributed by atoms with van der Waals surface area (Å²) in [5.41, 5.74) is 12.2. The molecule has 0 unspecified atom stereocenters. The summed E-state index contributed by atoms with van der Waals surface area (Å²) >= 11 is 0. The Morgan fingerprint density at radius 2 is 1.39 bits per heavy atom. The van der Waals surface area contributed by atoms with Crippen LogP contribution in [0.3, 0.4) is 0 Å². The predicted molar refractivity (Wildman–Crippen MR) is 80.2 cm³/mol. The van der Waals surface area contributed by atoms with E-state index < -0.39 is 0 Å². The summed E-state index contributed by atoms with van der Waals surface area (Å²) in [5, 5.41) is 0. The molecule has 0 radical (unpaired) electrons. The maximum atomic E-state index is 4.89. The molecular weight excluding hydrogens is 218 g/mol. The van der Waals surface area contributed by atoms with Gasteiger partial charge in [-0.1, -0.05) is 5.57 Å². The topological polar surface area (TPSA) is 12.4 Å². The maximum absolute atomic E-state index is 4.89. The van der Waals surface area contributed by atoms with Gasteiger partial charge in [-0.25, -0.2) is 0 Å². The number of hydrogen-bond acceptors (Lipinski definition) is 1. The summed E-state index contributed by atoms with van der Waals surface area (Å²) in [4.78, 5) is 4.89. The molecule has 1 nitrogen and oxygen atoms in total. The van der Waals surface area contributed by atoms with E-state index in [-0.39, 0.29) is 0 Å². The smallest absolute Gasteiger partial charge is 0.0703 e. The van der Waals surface area contributed by atoms with Crippen LogP contribution in [0.5, 0.6) is 0 Å². The number of aliphatic imine (C=N–C) groups is 1. The van der Waals surface area contributed by atoms with Crippen molar-refractivity contribution in [2.24, 2.45) is 4.99 Å². The molecule has 0 saturated heterocycles. The molecule has 0 bridgehead atoms. The first-order chi connectivity index (χ1) is 8.34. The second kappa shape index (κ2) is 4.38. The lowest BCUT2D eigenvalue weighted by Crippen LogP contribution is -2.03. The molecule has 0 aromatic heterocycles. The molecule has 0 amide bonds. The monoisotopic (exact) mass is 241 g/mol. The van der Waals surface area contributed by atoms with Crippen LogP contribution in [0, 0.1) is 27.7 Å². The van der Waals surface area contributed by atoms with Crippen molar-refractivity contribution < 1.29 is 0 Å². The van der Waals surface area contributed by atoms with Gasteiger partial charge in [-0.15, -0.1) is 0 Å². The Labute approximate surface area is 111 Å². The van der Waals surface area contributed by atoms with Gasteiger partial charge in [0.1, 0.15) is 0 Å². The van der Waals surface area contributed by atoms with Crippen LogP contribution in [0.15, 0.2) is 16.1 Å². The summed E-state index contributed by atoms with van der Waals surface area (Å²) < 4.78 is 0. The molecule has 1 aliphatic heterocycles. The fourth-order valence-electron chi connectivity index (χ4n) is 2.58. The van der Waals surface area contributed by atoms with Gasteiger partial charge in [0.25, 0.3) is 0 Å². The van der Waals surface area contributed by atoms with Crippen molar-refractivity contribution >= 4 is 11.4 Å². The Morgan fingerprint density at radius 3 is 1.94 bits per heavy atom. The van der Waals surface area contributed by atoms with Crippen LogP contribution >= 0.6 is 0 Å². The predicted octanol–water partition coefficient (Wildman–Crippen LogP) is 4.91. The minimum atomic E-state index is 1.00. The molecule has 18 heavy (non-hydrogen) atoms. The lowest BCUT2D eigenvalue weighted by atomic mass is 9.91. The third kappa shape index (κ3) is 1.82. The van der Waals surface area contributed by atoms with Gasteiger partial charge in [0.2, 0.25) is 0 Å². The summed E-state index contributed by atoms with van der Waals surface area (Å²) in [6.07, 6.45) is 1.00. The number of fused-ring (bicyclic) bond motifs is 1. The van der Waals surface area contributed by atoms with E-state index in [1.54, 1.807) is 0 Å². The largest absolute Gasteiger partial charge is 0.252 e. The highest BCUT2D eigenvalue weighted by atomic mass is 14.8. The summed E-state index contributed by atoms with van der Waals surface area (Å²) in [5.74, 6) is 0. The minimum absolute atomic E-state index is 1.00. The zero-order chi connectivity index (χ0) is 13.6. The van der Waals surface area contributed by atoms with Crippen molar-refractivity contribution in [2.75, 3.05) is 0 Å². The number of rotatable bonds is 1. The van der Waals surface area contributed by atoms with Crippen molar-refractivity contribution in [2.45, 2.75) is 54.9 Å². The van der Waals surface area contributed by atoms with Crippen molar-refractivity contribution in [3.8, 4) is 0 Å². The van der Waals surface area contributed by atoms with Crippen molar-refractivity contribution in [3.63, 3.8) is 0 Å². The SMILES string of the molecule is CC(C)=C(C)C1=Nc2c(C)c(C)c(C)c(C)c2C1. The maximum Gasteiger partial charge on any atom is 0.0703 e. The Bertz CT molecular complexity index is 582. The normalized spacial score (nSPS) is 13.4. The van der Waals surface area contributed by atoms with E-state index in [0.29, 0.717) is 0 Å². The number of hydrogen-bond donors (Lipinski definition) is 0. The molecule has 2 rings (SSSR count). The third-order valence-corrected chi connectivity index (χ3v) is 4.56. The first kappa shape index (κ1) is 13.1. The second-order valence-corrected chi connectivity index (χ2v) is 5.69. The van der Waals surface area contributed by atoms with Crippen LogP contribution < -0.4 is 0 Å². The summed E-state index contributed by atoms with van der Waals surface area (Å²) in [7, 11) is 0. The molecular formula is C17H23N. The van der Waals surface area contributed by atoms with E-state index in [4.69, 9.17) is 4.99 Å². The Morgan fingerprint density at radius 1 is 0.833 bits per heavy atom. The Kier molecular flexibility index (Phi) is 3.18. The zero-order valence-electron chi connectivity index (χ0n) is 12.7. The molecule has 0 saturated carbocycles. The van der Waals surface area contributed by atoms with Gasteiger partial charge >= 0.3 is 0 Å². The highest BCUT2D eigenvalue weighted by Gasteiger charge is 2.22. The van der Waals surface area contributed by atoms with Crippen LogP contribution in [0.1, 0.15) is 48.6 Å². The fraction of sp³-hybridized carbons (Fsp3) is 0.471. The molecule has 1 heterocycles. The Hall–Kier alpha value is -1.37. The van der Waals surface area contributed by atoms with E-state index in [9.17, 15) is 0 Å². The molecule has 0 fully saturated rings.